The second-order valence-electron chi connectivity index (χ2n) is 9.07. The van der Waals surface area contributed by atoms with Crippen molar-refractivity contribution in [3.8, 4) is 11.5 Å². The van der Waals surface area contributed by atoms with E-state index in [9.17, 15) is 4.79 Å². The van der Waals surface area contributed by atoms with E-state index in [2.05, 4.69) is 9.80 Å². The van der Waals surface area contributed by atoms with Gasteiger partial charge in [0.15, 0.2) is 5.76 Å². The molecule has 0 amide bonds. The SMILES string of the molecule is Cc1c2c(cc3c1O/C(=C\c1ccc(N(C)C)cc1)C3=O)CN(CCN1CCOCC1)CO2. The molecule has 2 aromatic carbocycles. The van der Waals surface area contributed by atoms with Gasteiger partial charge in [0.05, 0.1) is 18.8 Å². The van der Waals surface area contributed by atoms with Crippen LogP contribution in [0.1, 0.15) is 27.0 Å². The Kier molecular flexibility index (Phi) is 6.10. The summed E-state index contributed by atoms with van der Waals surface area (Å²) >= 11 is 0. The van der Waals surface area contributed by atoms with Gasteiger partial charge in [0.25, 0.3) is 0 Å². The molecule has 0 N–H and O–H groups in total. The summed E-state index contributed by atoms with van der Waals surface area (Å²) < 4.78 is 17.6. The first-order valence-corrected chi connectivity index (χ1v) is 11.5. The predicted molar refractivity (Wildman–Crippen MR) is 128 cm³/mol. The quantitative estimate of drug-likeness (QED) is 0.650. The van der Waals surface area contributed by atoms with Crippen LogP contribution in [0.5, 0.6) is 11.5 Å². The van der Waals surface area contributed by atoms with Gasteiger partial charge in [0.2, 0.25) is 5.78 Å². The Hall–Kier alpha value is -2.87. The number of Topliss-reactive ketones (excluding diaryl/α,β-unsaturated/α-hetero) is 1. The molecule has 7 heteroatoms. The van der Waals surface area contributed by atoms with Crippen molar-refractivity contribution in [1.82, 2.24) is 9.80 Å². The molecule has 0 spiro atoms. The number of carbonyl (C=O) groups is 1. The number of rotatable bonds is 5. The number of fused-ring (bicyclic) bond motifs is 2. The number of ketones is 1. The molecule has 0 bridgehead atoms. The van der Waals surface area contributed by atoms with E-state index in [0.717, 1.165) is 74.1 Å². The van der Waals surface area contributed by atoms with E-state index in [1.54, 1.807) is 0 Å². The first-order valence-electron chi connectivity index (χ1n) is 11.5. The molecule has 0 aliphatic carbocycles. The van der Waals surface area contributed by atoms with Gasteiger partial charge in [-0.3, -0.25) is 14.6 Å². The van der Waals surface area contributed by atoms with Crippen molar-refractivity contribution in [2.24, 2.45) is 0 Å². The first kappa shape index (κ1) is 21.9. The number of hydrogen-bond acceptors (Lipinski definition) is 7. The molecular formula is C26H31N3O4. The van der Waals surface area contributed by atoms with Gasteiger partial charge in [-0.25, -0.2) is 0 Å². The Morgan fingerprint density at radius 1 is 1.03 bits per heavy atom. The summed E-state index contributed by atoms with van der Waals surface area (Å²) in [6, 6.07) is 10.0. The summed E-state index contributed by atoms with van der Waals surface area (Å²) in [6.07, 6.45) is 1.82. The Balaban J connectivity index is 1.32. The molecule has 1 saturated heterocycles. The second kappa shape index (κ2) is 9.17. The van der Waals surface area contributed by atoms with E-state index in [0.29, 0.717) is 23.8 Å². The molecular weight excluding hydrogens is 418 g/mol. The lowest BCUT2D eigenvalue weighted by molar-refractivity contribution is 0.0239. The summed E-state index contributed by atoms with van der Waals surface area (Å²) in [5.41, 5.74) is 4.62. The van der Waals surface area contributed by atoms with Crippen molar-refractivity contribution in [1.29, 1.82) is 0 Å². The van der Waals surface area contributed by atoms with Crippen LogP contribution < -0.4 is 14.4 Å². The highest BCUT2D eigenvalue weighted by atomic mass is 16.5. The molecule has 3 heterocycles. The summed E-state index contributed by atoms with van der Waals surface area (Å²) in [7, 11) is 4.01. The lowest BCUT2D eigenvalue weighted by Gasteiger charge is -2.33. The fourth-order valence-electron chi connectivity index (χ4n) is 4.57. The number of hydrogen-bond donors (Lipinski definition) is 0. The van der Waals surface area contributed by atoms with Crippen LogP contribution in [0.2, 0.25) is 0 Å². The third kappa shape index (κ3) is 4.49. The number of benzene rings is 2. The van der Waals surface area contributed by atoms with Crippen LogP contribution in [0, 0.1) is 6.92 Å². The maximum absolute atomic E-state index is 13.2. The Morgan fingerprint density at radius 2 is 1.76 bits per heavy atom. The standard InChI is InChI=1S/C26H31N3O4/c1-18-25-20(16-29(17-32-25)9-8-28-10-12-31-13-11-28)15-22-24(30)23(33-26(18)22)14-19-4-6-21(7-5-19)27(2)3/h4-7,14-15H,8-13,16-17H2,1-3H3/b23-14-. The summed E-state index contributed by atoms with van der Waals surface area (Å²) in [5, 5.41) is 0. The third-order valence-corrected chi connectivity index (χ3v) is 6.55. The van der Waals surface area contributed by atoms with Crippen LogP contribution in [0.4, 0.5) is 5.69 Å². The normalized spacial score (nSPS) is 19.7. The van der Waals surface area contributed by atoms with Gasteiger partial charge in [-0.1, -0.05) is 12.1 Å². The van der Waals surface area contributed by atoms with Crippen molar-refractivity contribution >= 4 is 17.5 Å². The predicted octanol–water partition coefficient (Wildman–Crippen LogP) is 3.16. The zero-order valence-electron chi connectivity index (χ0n) is 19.6. The van der Waals surface area contributed by atoms with Gasteiger partial charge in [0, 0.05) is 63.6 Å². The largest absolute Gasteiger partial charge is 0.477 e. The molecule has 7 nitrogen and oxygen atoms in total. The summed E-state index contributed by atoms with van der Waals surface area (Å²) in [6.45, 7) is 8.79. The fraction of sp³-hybridized carbons (Fsp3) is 0.423. The van der Waals surface area contributed by atoms with E-state index in [4.69, 9.17) is 14.2 Å². The third-order valence-electron chi connectivity index (χ3n) is 6.55. The van der Waals surface area contributed by atoms with Crippen molar-refractivity contribution in [2.45, 2.75) is 13.5 Å². The van der Waals surface area contributed by atoms with Gasteiger partial charge in [-0.05, 0) is 36.8 Å². The molecule has 3 aliphatic rings. The number of morpholine rings is 1. The lowest BCUT2D eigenvalue weighted by Crippen LogP contribution is -2.43. The van der Waals surface area contributed by atoms with Crippen molar-refractivity contribution in [3.05, 3.63) is 58.3 Å². The molecule has 0 radical (unpaired) electrons. The second-order valence-corrected chi connectivity index (χ2v) is 9.07. The van der Waals surface area contributed by atoms with Gasteiger partial charge >= 0.3 is 0 Å². The van der Waals surface area contributed by atoms with Crippen LogP contribution in [-0.4, -0.2) is 75.8 Å². The highest BCUT2D eigenvalue weighted by Crippen LogP contribution is 2.43. The van der Waals surface area contributed by atoms with E-state index in [1.807, 2.05) is 62.3 Å². The van der Waals surface area contributed by atoms with Crippen LogP contribution >= 0.6 is 0 Å². The van der Waals surface area contributed by atoms with Gasteiger partial charge in [0.1, 0.15) is 18.2 Å². The van der Waals surface area contributed by atoms with Crippen LogP contribution in [0.15, 0.2) is 36.1 Å². The highest BCUT2D eigenvalue weighted by Gasteiger charge is 2.33. The average Bonchev–Trinajstić information content (AvgIpc) is 3.14. The van der Waals surface area contributed by atoms with E-state index < -0.39 is 0 Å². The molecule has 174 valence electrons. The maximum atomic E-state index is 13.2. The van der Waals surface area contributed by atoms with Crippen molar-refractivity contribution in [2.75, 3.05) is 65.1 Å². The van der Waals surface area contributed by atoms with Gasteiger partial charge in [-0.2, -0.15) is 0 Å². The number of allylic oxidation sites excluding steroid dienone is 1. The monoisotopic (exact) mass is 449 g/mol. The molecule has 0 unspecified atom stereocenters. The molecule has 3 aliphatic heterocycles. The number of nitrogens with zero attached hydrogens (tertiary/aromatic N) is 3. The van der Waals surface area contributed by atoms with E-state index in [1.165, 1.54) is 0 Å². The topological polar surface area (TPSA) is 54.5 Å². The maximum Gasteiger partial charge on any atom is 0.231 e. The molecule has 5 rings (SSSR count). The average molecular weight is 450 g/mol. The zero-order valence-corrected chi connectivity index (χ0v) is 19.6. The van der Waals surface area contributed by atoms with Crippen LogP contribution in [0.3, 0.4) is 0 Å². The molecule has 0 saturated carbocycles. The van der Waals surface area contributed by atoms with Gasteiger partial charge in [-0.15, -0.1) is 0 Å². The van der Waals surface area contributed by atoms with Crippen LogP contribution in [-0.2, 0) is 11.3 Å². The zero-order chi connectivity index (χ0) is 22.9. The number of ether oxygens (including phenoxy) is 3. The Morgan fingerprint density at radius 3 is 2.48 bits per heavy atom. The van der Waals surface area contributed by atoms with E-state index in [-0.39, 0.29) is 5.78 Å². The number of anilines is 1. The molecule has 0 aromatic heterocycles. The Bertz CT molecular complexity index is 1070. The minimum absolute atomic E-state index is 0.0713. The Labute approximate surface area is 195 Å². The van der Waals surface area contributed by atoms with Crippen molar-refractivity contribution in [3.63, 3.8) is 0 Å². The van der Waals surface area contributed by atoms with Crippen LogP contribution in [0.25, 0.3) is 6.08 Å². The van der Waals surface area contributed by atoms with Crippen molar-refractivity contribution < 1.29 is 19.0 Å². The summed E-state index contributed by atoms with van der Waals surface area (Å²) in [4.78, 5) is 19.9. The lowest BCUT2D eigenvalue weighted by atomic mass is 10.00. The van der Waals surface area contributed by atoms with E-state index >= 15 is 0 Å². The minimum atomic E-state index is -0.0713. The van der Waals surface area contributed by atoms with Gasteiger partial charge < -0.3 is 19.1 Å². The smallest absolute Gasteiger partial charge is 0.231 e. The molecule has 2 aromatic rings. The molecule has 0 atom stereocenters. The molecule has 33 heavy (non-hydrogen) atoms. The fourth-order valence-corrected chi connectivity index (χ4v) is 4.57. The molecule has 1 fully saturated rings. The first-order chi connectivity index (χ1) is 16.0. The minimum Gasteiger partial charge on any atom is -0.477 e. The summed E-state index contributed by atoms with van der Waals surface area (Å²) in [5.74, 6) is 1.76. The highest BCUT2D eigenvalue weighted by molar-refractivity contribution is 6.15. The number of carbonyl (C=O) groups excluding carboxylic acids is 1.